The van der Waals surface area contributed by atoms with Crippen LogP contribution in [0, 0.1) is 11.8 Å². The van der Waals surface area contributed by atoms with E-state index in [0.29, 0.717) is 12.8 Å². The van der Waals surface area contributed by atoms with Crippen molar-refractivity contribution in [3.05, 3.63) is 71.8 Å². The normalized spacial score (nSPS) is 13.1. The highest BCUT2D eigenvalue weighted by atomic mass is 16.3. The first kappa shape index (κ1) is 14.3. The zero-order valence-electron chi connectivity index (χ0n) is 11.2. The zero-order chi connectivity index (χ0) is 14.2. The lowest BCUT2D eigenvalue weighted by Gasteiger charge is -2.07. The van der Waals surface area contributed by atoms with Crippen molar-refractivity contribution in [3.8, 4) is 11.8 Å². The van der Waals surface area contributed by atoms with Crippen molar-refractivity contribution < 1.29 is 10.2 Å². The van der Waals surface area contributed by atoms with E-state index in [9.17, 15) is 10.2 Å². The summed E-state index contributed by atoms with van der Waals surface area (Å²) in [6.07, 6.45) is -0.382. The molecule has 0 aliphatic rings. The molecule has 2 atom stereocenters. The third kappa shape index (κ3) is 4.24. The molecular formula is C18H18O2. The monoisotopic (exact) mass is 266 g/mol. The summed E-state index contributed by atoms with van der Waals surface area (Å²) in [6, 6.07) is 18.9. The van der Waals surface area contributed by atoms with E-state index in [0.717, 1.165) is 11.1 Å². The van der Waals surface area contributed by atoms with E-state index in [4.69, 9.17) is 0 Å². The van der Waals surface area contributed by atoms with Gasteiger partial charge >= 0.3 is 0 Å². The summed E-state index contributed by atoms with van der Waals surface area (Å²) in [7, 11) is 0. The fraction of sp³-hybridized carbons (Fsp3) is 0.222. The van der Waals surface area contributed by atoms with Crippen molar-refractivity contribution in [2.75, 3.05) is 0 Å². The number of rotatable bonds is 4. The largest absolute Gasteiger partial charge is 0.387 e. The van der Waals surface area contributed by atoms with E-state index >= 15 is 0 Å². The number of hydrogen-bond acceptors (Lipinski definition) is 2. The van der Waals surface area contributed by atoms with Crippen LogP contribution in [0.3, 0.4) is 0 Å². The second-order valence-corrected chi connectivity index (χ2v) is 4.61. The molecule has 2 nitrogen and oxygen atoms in total. The number of benzene rings is 2. The Labute approximate surface area is 119 Å². The van der Waals surface area contributed by atoms with Crippen LogP contribution in [0.5, 0.6) is 0 Å². The average molecular weight is 266 g/mol. The molecule has 102 valence electrons. The van der Waals surface area contributed by atoms with Crippen molar-refractivity contribution in [1.29, 1.82) is 0 Å². The molecular weight excluding hydrogens is 248 g/mol. The van der Waals surface area contributed by atoms with E-state index in [1.165, 1.54) is 0 Å². The molecule has 20 heavy (non-hydrogen) atoms. The van der Waals surface area contributed by atoms with Crippen LogP contribution >= 0.6 is 0 Å². The zero-order valence-corrected chi connectivity index (χ0v) is 11.2. The van der Waals surface area contributed by atoms with Gasteiger partial charge in [0.05, 0.1) is 12.2 Å². The highest BCUT2D eigenvalue weighted by Gasteiger charge is 2.05. The smallest absolute Gasteiger partial charge is 0.0899 e. The van der Waals surface area contributed by atoms with Gasteiger partial charge in [-0.2, -0.15) is 0 Å². The third-order valence-corrected chi connectivity index (χ3v) is 3.08. The van der Waals surface area contributed by atoms with Gasteiger partial charge in [-0.05, 0) is 11.1 Å². The third-order valence-electron chi connectivity index (χ3n) is 3.08. The molecule has 0 amide bonds. The number of aliphatic hydroxyl groups excluding tert-OH is 2. The number of aliphatic hydroxyl groups is 2. The highest BCUT2D eigenvalue weighted by molar-refractivity contribution is 5.21. The van der Waals surface area contributed by atoms with E-state index < -0.39 is 12.2 Å². The summed E-state index contributed by atoms with van der Waals surface area (Å²) < 4.78 is 0. The maximum Gasteiger partial charge on any atom is 0.0899 e. The van der Waals surface area contributed by atoms with Crippen molar-refractivity contribution in [1.82, 2.24) is 0 Å². The fourth-order valence-corrected chi connectivity index (χ4v) is 1.92. The second-order valence-electron chi connectivity index (χ2n) is 4.61. The van der Waals surface area contributed by atoms with Crippen LogP contribution in [0.15, 0.2) is 60.7 Å². The lowest BCUT2D eigenvalue weighted by molar-refractivity contribution is 0.181. The van der Waals surface area contributed by atoms with Crippen molar-refractivity contribution in [2.24, 2.45) is 0 Å². The van der Waals surface area contributed by atoms with E-state index in [2.05, 4.69) is 11.8 Å². The Bertz CT molecular complexity index is 515. The quantitative estimate of drug-likeness (QED) is 0.834. The Balaban J connectivity index is 1.83. The van der Waals surface area contributed by atoms with E-state index in [1.54, 1.807) is 0 Å². The van der Waals surface area contributed by atoms with Crippen LogP contribution in [-0.2, 0) is 0 Å². The van der Waals surface area contributed by atoms with Gasteiger partial charge in [-0.25, -0.2) is 0 Å². The Morgan fingerprint density at radius 2 is 1.00 bits per heavy atom. The maximum absolute atomic E-state index is 9.94. The van der Waals surface area contributed by atoms with Crippen LogP contribution in [0.4, 0.5) is 0 Å². The van der Waals surface area contributed by atoms with Crippen LogP contribution in [0.25, 0.3) is 0 Å². The molecule has 0 unspecified atom stereocenters. The standard InChI is InChI=1S/C18H18O2/c19-17(15-9-3-1-4-10-15)13-7-8-14-18(20)16-11-5-2-6-12-16/h1-6,9-12,17-20H,13-14H2/t17-,18+. The van der Waals surface area contributed by atoms with Gasteiger partial charge < -0.3 is 10.2 Å². The molecule has 0 heterocycles. The van der Waals surface area contributed by atoms with Crippen molar-refractivity contribution >= 4 is 0 Å². The molecule has 0 spiro atoms. The SMILES string of the molecule is O[C@H](CC#CC[C@H](O)c1ccccc1)c1ccccc1. The van der Waals surface area contributed by atoms with Gasteiger partial charge in [-0.15, -0.1) is 11.8 Å². The Hall–Kier alpha value is -2.08. The minimum Gasteiger partial charge on any atom is -0.387 e. The summed E-state index contributed by atoms with van der Waals surface area (Å²) >= 11 is 0. The minimum atomic E-state index is -0.572. The molecule has 0 fully saturated rings. The maximum atomic E-state index is 9.94. The predicted octanol–water partition coefficient (Wildman–Crippen LogP) is 3.24. The molecule has 0 bridgehead atoms. The Kier molecular flexibility index (Phi) is 5.37. The van der Waals surface area contributed by atoms with Gasteiger partial charge in [0.15, 0.2) is 0 Å². The van der Waals surface area contributed by atoms with Crippen molar-refractivity contribution in [2.45, 2.75) is 25.0 Å². The van der Waals surface area contributed by atoms with Crippen LogP contribution in [0.2, 0.25) is 0 Å². The van der Waals surface area contributed by atoms with Gasteiger partial charge in [0.25, 0.3) is 0 Å². The summed E-state index contributed by atoms with van der Waals surface area (Å²) in [6.45, 7) is 0. The molecule has 0 saturated heterocycles. The lowest BCUT2D eigenvalue weighted by Crippen LogP contribution is -1.96. The van der Waals surface area contributed by atoms with Gasteiger partial charge in [-0.1, -0.05) is 60.7 Å². The average Bonchev–Trinajstić information content (AvgIpc) is 2.53. The molecule has 0 aromatic heterocycles. The fourth-order valence-electron chi connectivity index (χ4n) is 1.92. The Morgan fingerprint density at radius 1 is 0.650 bits per heavy atom. The molecule has 2 N–H and O–H groups in total. The topological polar surface area (TPSA) is 40.5 Å². The van der Waals surface area contributed by atoms with Gasteiger partial charge in [-0.3, -0.25) is 0 Å². The van der Waals surface area contributed by atoms with Crippen LogP contribution < -0.4 is 0 Å². The van der Waals surface area contributed by atoms with Gasteiger partial charge in [0.1, 0.15) is 0 Å². The molecule has 0 aliphatic carbocycles. The van der Waals surface area contributed by atoms with Crippen LogP contribution in [-0.4, -0.2) is 10.2 Å². The molecule has 0 saturated carbocycles. The van der Waals surface area contributed by atoms with Crippen molar-refractivity contribution in [3.63, 3.8) is 0 Å². The summed E-state index contributed by atoms with van der Waals surface area (Å²) in [5.41, 5.74) is 1.73. The minimum absolute atomic E-state index is 0.380. The molecule has 2 rings (SSSR count). The molecule has 2 aromatic carbocycles. The van der Waals surface area contributed by atoms with E-state index in [1.807, 2.05) is 60.7 Å². The lowest BCUT2D eigenvalue weighted by atomic mass is 10.1. The first-order chi connectivity index (χ1) is 9.77. The second kappa shape index (κ2) is 7.49. The Morgan fingerprint density at radius 3 is 1.35 bits per heavy atom. The summed E-state index contributed by atoms with van der Waals surface area (Å²) in [4.78, 5) is 0. The predicted molar refractivity (Wildman–Crippen MR) is 79.8 cm³/mol. The molecule has 2 aromatic rings. The number of hydrogen-bond donors (Lipinski definition) is 2. The van der Waals surface area contributed by atoms with Gasteiger partial charge in [0.2, 0.25) is 0 Å². The molecule has 0 aliphatic heterocycles. The highest BCUT2D eigenvalue weighted by Crippen LogP contribution is 2.16. The molecule has 2 heteroatoms. The first-order valence-corrected chi connectivity index (χ1v) is 6.69. The summed E-state index contributed by atoms with van der Waals surface area (Å²) in [5, 5.41) is 19.9. The molecule has 0 radical (unpaired) electrons. The van der Waals surface area contributed by atoms with Gasteiger partial charge in [0, 0.05) is 12.8 Å². The first-order valence-electron chi connectivity index (χ1n) is 6.69. The van der Waals surface area contributed by atoms with E-state index in [-0.39, 0.29) is 0 Å². The van der Waals surface area contributed by atoms with Crippen LogP contribution in [0.1, 0.15) is 36.2 Å². The summed E-state index contributed by atoms with van der Waals surface area (Å²) in [5.74, 6) is 5.85.